The highest BCUT2D eigenvalue weighted by Crippen LogP contribution is 2.31. The van der Waals surface area contributed by atoms with Gasteiger partial charge in [-0.25, -0.2) is 5.43 Å². The van der Waals surface area contributed by atoms with Crippen LogP contribution in [0.25, 0.3) is 0 Å². The lowest BCUT2D eigenvalue weighted by Gasteiger charge is -2.13. The molecule has 3 rings (SSSR count). The number of nitrogens with zero attached hydrogens (tertiary/aromatic N) is 1. The first-order chi connectivity index (χ1) is 16.4. The van der Waals surface area contributed by atoms with Gasteiger partial charge in [0.05, 0.1) is 13.3 Å². The second-order valence-electron chi connectivity index (χ2n) is 7.10. The molecule has 176 valence electrons. The number of hydrazone groups is 1. The predicted molar refractivity (Wildman–Crippen MR) is 134 cm³/mol. The van der Waals surface area contributed by atoms with E-state index in [1.165, 1.54) is 13.3 Å². The van der Waals surface area contributed by atoms with E-state index in [0.717, 1.165) is 12.0 Å². The number of ether oxygens (including phenoxy) is 2. The molecule has 2 amide bonds. The van der Waals surface area contributed by atoms with Crippen molar-refractivity contribution in [2.75, 3.05) is 12.4 Å². The number of halogens is 2. The number of carbonyl (C=O) groups is 2. The van der Waals surface area contributed by atoms with Crippen molar-refractivity contribution in [1.29, 1.82) is 0 Å². The summed E-state index contributed by atoms with van der Waals surface area (Å²) >= 11 is 12.4. The van der Waals surface area contributed by atoms with Gasteiger partial charge in [-0.1, -0.05) is 48.3 Å². The van der Waals surface area contributed by atoms with Gasteiger partial charge in [-0.15, -0.1) is 0 Å². The number of hydrogen-bond acceptors (Lipinski definition) is 5. The average Bonchev–Trinajstić information content (AvgIpc) is 2.84. The summed E-state index contributed by atoms with van der Waals surface area (Å²) in [7, 11) is 1.50. The summed E-state index contributed by atoms with van der Waals surface area (Å²) in [6, 6.07) is 17.6. The third-order valence-electron chi connectivity index (χ3n) is 4.83. The van der Waals surface area contributed by atoms with Crippen LogP contribution in [0.15, 0.2) is 65.8 Å². The number of carbonyl (C=O) groups excluding carboxylic acids is 2. The van der Waals surface area contributed by atoms with Gasteiger partial charge in [0, 0.05) is 21.3 Å². The van der Waals surface area contributed by atoms with Crippen molar-refractivity contribution in [3.05, 3.63) is 87.4 Å². The van der Waals surface area contributed by atoms with Gasteiger partial charge in [0.2, 0.25) is 0 Å². The third-order valence-corrected chi connectivity index (χ3v) is 5.54. The average molecular weight is 500 g/mol. The van der Waals surface area contributed by atoms with Crippen LogP contribution >= 0.6 is 23.2 Å². The van der Waals surface area contributed by atoms with Crippen molar-refractivity contribution in [2.24, 2.45) is 5.10 Å². The molecule has 0 aliphatic rings. The molecule has 3 aromatic rings. The van der Waals surface area contributed by atoms with Gasteiger partial charge in [-0.3, -0.25) is 9.59 Å². The molecule has 2 N–H and O–H groups in total. The van der Waals surface area contributed by atoms with Crippen LogP contribution in [0.5, 0.6) is 11.5 Å². The van der Waals surface area contributed by atoms with E-state index in [-0.39, 0.29) is 6.61 Å². The quantitative estimate of drug-likeness (QED) is 0.252. The molecule has 34 heavy (non-hydrogen) atoms. The maximum absolute atomic E-state index is 12.0. The molecule has 9 heteroatoms. The normalized spacial score (nSPS) is 10.7. The van der Waals surface area contributed by atoms with Crippen molar-refractivity contribution in [1.82, 2.24) is 5.43 Å². The summed E-state index contributed by atoms with van der Waals surface area (Å²) in [5.74, 6) is -0.778. The summed E-state index contributed by atoms with van der Waals surface area (Å²) in [6.45, 7) is 2.20. The van der Waals surface area contributed by atoms with Crippen LogP contribution in [-0.2, 0) is 22.6 Å². The van der Waals surface area contributed by atoms with Crippen molar-refractivity contribution in [3.8, 4) is 11.5 Å². The zero-order valence-corrected chi connectivity index (χ0v) is 20.1. The largest absolute Gasteiger partial charge is 0.493 e. The van der Waals surface area contributed by atoms with Gasteiger partial charge in [0.15, 0.2) is 11.5 Å². The number of benzene rings is 3. The molecule has 0 saturated carbocycles. The van der Waals surface area contributed by atoms with Gasteiger partial charge in [-0.05, 0) is 60.0 Å². The molecule has 0 spiro atoms. The number of rotatable bonds is 8. The standard InChI is InChI=1S/C25H23Cl2N3O4/c1-3-16-7-10-18(11-8-16)29-24(31)25(32)30-28-14-17-9-12-22(23(13-17)33-2)34-15-19-20(26)5-4-6-21(19)27/h4-14H,3,15H2,1-2H3,(H,29,31)(H,30,32)/b28-14-. The molecule has 0 saturated heterocycles. The van der Waals surface area contributed by atoms with E-state index in [4.69, 9.17) is 32.7 Å². The van der Waals surface area contributed by atoms with E-state index in [0.29, 0.717) is 38.4 Å². The van der Waals surface area contributed by atoms with E-state index in [1.807, 2.05) is 19.1 Å². The van der Waals surface area contributed by atoms with Crippen LogP contribution in [0.2, 0.25) is 10.0 Å². The fraction of sp³-hybridized carbons (Fsp3) is 0.160. The first-order valence-electron chi connectivity index (χ1n) is 10.4. The summed E-state index contributed by atoms with van der Waals surface area (Å²) in [5.41, 5.74) is 5.15. The number of methoxy groups -OCH3 is 1. The van der Waals surface area contributed by atoms with Crippen molar-refractivity contribution >= 4 is 46.9 Å². The number of nitrogens with one attached hydrogen (secondary N) is 2. The second kappa shape index (κ2) is 12.1. The lowest BCUT2D eigenvalue weighted by atomic mass is 10.1. The fourth-order valence-corrected chi connectivity index (χ4v) is 3.44. The summed E-state index contributed by atoms with van der Waals surface area (Å²) in [6.07, 6.45) is 2.27. The first-order valence-corrected chi connectivity index (χ1v) is 11.1. The molecule has 7 nitrogen and oxygen atoms in total. The molecule has 0 aliphatic carbocycles. The lowest BCUT2D eigenvalue weighted by Crippen LogP contribution is -2.32. The maximum atomic E-state index is 12.0. The minimum Gasteiger partial charge on any atom is -0.493 e. The van der Waals surface area contributed by atoms with Gasteiger partial charge in [0.25, 0.3) is 0 Å². The third kappa shape index (κ3) is 6.73. The van der Waals surface area contributed by atoms with Crippen LogP contribution in [0.4, 0.5) is 5.69 Å². The Hall–Kier alpha value is -3.55. The maximum Gasteiger partial charge on any atom is 0.329 e. The Bertz CT molecular complexity index is 1180. The van der Waals surface area contributed by atoms with Crippen LogP contribution in [0.3, 0.4) is 0 Å². The molecular formula is C25H23Cl2N3O4. The highest BCUT2D eigenvalue weighted by Gasteiger charge is 2.13. The van der Waals surface area contributed by atoms with Crippen LogP contribution in [0, 0.1) is 0 Å². The molecule has 3 aromatic carbocycles. The smallest absolute Gasteiger partial charge is 0.329 e. The summed E-state index contributed by atoms with van der Waals surface area (Å²) < 4.78 is 11.2. The van der Waals surface area contributed by atoms with Gasteiger partial charge < -0.3 is 14.8 Å². The Balaban J connectivity index is 1.57. The number of amides is 2. The highest BCUT2D eigenvalue weighted by molar-refractivity contribution is 6.39. The van der Waals surface area contributed by atoms with E-state index >= 15 is 0 Å². The Morgan fingerprint density at radius 3 is 2.32 bits per heavy atom. The highest BCUT2D eigenvalue weighted by atomic mass is 35.5. The minimum atomic E-state index is -0.889. The second-order valence-corrected chi connectivity index (χ2v) is 7.92. The SMILES string of the molecule is CCc1ccc(NC(=O)C(=O)N/N=C\c2ccc(OCc3c(Cl)cccc3Cl)c(OC)c2)cc1. The van der Waals surface area contributed by atoms with Crippen LogP contribution in [-0.4, -0.2) is 25.1 Å². The molecule has 0 aromatic heterocycles. The van der Waals surface area contributed by atoms with Crippen molar-refractivity contribution in [3.63, 3.8) is 0 Å². The van der Waals surface area contributed by atoms with E-state index in [1.54, 1.807) is 48.5 Å². The number of hydrogen-bond donors (Lipinski definition) is 2. The molecule has 0 unspecified atom stereocenters. The Morgan fingerprint density at radius 2 is 1.68 bits per heavy atom. The Morgan fingerprint density at radius 1 is 0.971 bits per heavy atom. The molecule has 0 bridgehead atoms. The molecule has 0 aliphatic heterocycles. The molecule has 0 heterocycles. The first kappa shape index (κ1) is 25.1. The van der Waals surface area contributed by atoms with E-state index < -0.39 is 11.8 Å². The lowest BCUT2D eigenvalue weighted by molar-refractivity contribution is -0.136. The van der Waals surface area contributed by atoms with Gasteiger partial charge in [-0.2, -0.15) is 5.10 Å². The summed E-state index contributed by atoms with van der Waals surface area (Å²) in [5, 5.41) is 7.37. The molecular weight excluding hydrogens is 477 g/mol. The van der Waals surface area contributed by atoms with E-state index in [9.17, 15) is 9.59 Å². The molecule has 0 atom stereocenters. The zero-order valence-electron chi connectivity index (χ0n) is 18.6. The number of aryl methyl sites for hydroxylation is 1. The zero-order chi connectivity index (χ0) is 24.5. The fourth-order valence-electron chi connectivity index (χ4n) is 2.93. The van der Waals surface area contributed by atoms with Crippen LogP contribution in [0.1, 0.15) is 23.6 Å². The van der Waals surface area contributed by atoms with E-state index in [2.05, 4.69) is 15.8 Å². The Labute approximate surface area is 207 Å². The van der Waals surface area contributed by atoms with Crippen molar-refractivity contribution < 1.29 is 19.1 Å². The monoisotopic (exact) mass is 499 g/mol. The Kier molecular flexibility index (Phi) is 8.90. The molecule has 0 radical (unpaired) electrons. The topological polar surface area (TPSA) is 89.0 Å². The summed E-state index contributed by atoms with van der Waals surface area (Å²) in [4.78, 5) is 24.0. The molecule has 0 fully saturated rings. The van der Waals surface area contributed by atoms with Crippen LogP contribution < -0.4 is 20.2 Å². The van der Waals surface area contributed by atoms with Gasteiger partial charge in [0.1, 0.15) is 6.61 Å². The van der Waals surface area contributed by atoms with Crippen molar-refractivity contribution in [2.45, 2.75) is 20.0 Å². The predicted octanol–water partition coefficient (Wildman–Crippen LogP) is 5.23. The minimum absolute atomic E-state index is 0.161. The number of anilines is 1. The van der Waals surface area contributed by atoms with Gasteiger partial charge >= 0.3 is 11.8 Å².